The van der Waals surface area contributed by atoms with Crippen molar-refractivity contribution >= 4 is 18.5 Å². The summed E-state index contributed by atoms with van der Waals surface area (Å²) >= 11 is 0. The summed E-state index contributed by atoms with van der Waals surface area (Å²) in [5.74, 6) is 0. The predicted octanol–water partition coefficient (Wildman–Crippen LogP) is 3.96. The van der Waals surface area contributed by atoms with Gasteiger partial charge in [0.1, 0.15) is 0 Å². The molecule has 0 aliphatic carbocycles. The minimum absolute atomic E-state index is 0.115. The van der Waals surface area contributed by atoms with Crippen molar-refractivity contribution in [3.05, 3.63) is 35.9 Å². The molecular weight excluding hydrogens is 170 g/mol. The first kappa shape index (κ1) is 10.7. The van der Waals surface area contributed by atoms with Crippen LogP contribution >= 0.6 is 0 Å². The van der Waals surface area contributed by atoms with Gasteiger partial charge in [-0.1, -0.05) is 45.6 Å². The van der Waals surface area contributed by atoms with Crippen molar-refractivity contribution in [3.8, 4) is 0 Å². The molecule has 0 aromatic heterocycles. The van der Waals surface area contributed by atoms with Gasteiger partial charge in [-0.15, -0.1) is 0 Å². The molecule has 0 heterocycles. The first-order valence-corrected chi connectivity index (χ1v) is 4.73. The van der Waals surface area contributed by atoms with E-state index in [-0.39, 0.29) is 5.41 Å². The summed E-state index contributed by atoms with van der Waals surface area (Å²) in [6.07, 6.45) is 1.85. The average molecular weight is 187 g/mol. The Balaban J connectivity index is 3.44. The third kappa shape index (κ3) is 1.92. The average Bonchev–Trinajstić information content (AvgIpc) is 2.15. The number of hydrogen-bond acceptors (Lipinski definition) is 1. The van der Waals surface area contributed by atoms with Crippen molar-refractivity contribution in [2.75, 3.05) is 0 Å². The van der Waals surface area contributed by atoms with E-state index in [1.807, 2.05) is 18.2 Å². The van der Waals surface area contributed by atoms with Gasteiger partial charge in [-0.2, -0.15) is 0 Å². The third-order valence-corrected chi connectivity index (χ3v) is 2.27. The van der Waals surface area contributed by atoms with E-state index in [9.17, 15) is 0 Å². The zero-order valence-electron chi connectivity index (χ0n) is 9.17. The maximum Gasteiger partial charge on any atom is 0.0697 e. The molecule has 0 bridgehead atoms. The van der Waals surface area contributed by atoms with Gasteiger partial charge in [-0.3, -0.25) is 4.99 Å². The summed E-state index contributed by atoms with van der Waals surface area (Å²) in [7, 11) is 0. The molecule has 1 aromatic rings. The Morgan fingerprint density at radius 3 is 2.36 bits per heavy atom. The minimum atomic E-state index is 0.115. The monoisotopic (exact) mass is 187 g/mol. The Labute approximate surface area is 86.2 Å². The van der Waals surface area contributed by atoms with Gasteiger partial charge in [0, 0.05) is 5.56 Å². The zero-order valence-corrected chi connectivity index (χ0v) is 9.17. The fraction of sp³-hybridized carbons (Fsp3) is 0.308. The second-order valence-electron chi connectivity index (χ2n) is 4.35. The van der Waals surface area contributed by atoms with Gasteiger partial charge in [0.15, 0.2) is 0 Å². The highest BCUT2D eigenvalue weighted by Crippen LogP contribution is 2.32. The molecule has 1 heteroatoms. The molecule has 0 radical (unpaired) electrons. The minimum Gasteiger partial charge on any atom is -0.264 e. The molecule has 0 aliphatic heterocycles. The molecule has 1 rings (SSSR count). The van der Waals surface area contributed by atoms with Gasteiger partial charge < -0.3 is 0 Å². The van der Waals surface area contributed by atoms with Crippen LogP contribution in [0.25, 0.3) is 6.08 Å². The predicted molar refractivity (Wildman–Crippen MR) is 64.4 cm³/mol. The smallest absolute Gasteiger partial charge is 0.0697 e. The molecule has 0 atom stereocenters. The third-order valence-electron chi connectivity index (χ3n) is 2.27. The largest absolute Gasteiger partial charge is 0.264 e. The highest BCUT2D eigenvalue weighted by molar-refractivity contribution is 5.69. The normalized spacial score (nSPS) is 11.1. The Kier molecular flexibility index (Phi) is 2.90. The van der Waals surface area contributed by atoms with E-state index < -0.39 is 0 Å². The van der Waals surface area contributed by atoms with Crippen LogP contribution in [0.3, 0.4) is 0 Å². The molecule has 0 saturated heterocycles. The molecular formula is C13H17N. The maximum absolute atomic E-state index is 3.99. The first-order valence-electron chi connectivity index (χ1n) is 4.73. The fourth-order valence-electron chi connectivity index (χ4n) is 1.56. The number of benzene rings is 1. The molecule has 0 fully saturated rings. The van der Waals surface area contributed by atoms with Crippen molar-refractivity contribution in [2.24, 2.45) is 4.99 Å². The van der Waals surface area contributed by atoms with Crippen LogP contribution in [-0.2, 0) is 5.41 Å². The SMILES string of the molecule is C=Cc1c(N=C)cccc1C(C)(C)C. The van der Waals surface area contributed by atoms with Crippen LogP contribution < -0.4 is 0 Å². The highest BCUT2D eigenvalue weighted by atomic mass is 14.7. The first-order chi connectivity index (χ1) is 6.50. The highest BCUT2D eigenvalue weighted by Gasteiger charge is 2.17. The second-order valence-corrected chi connectivity index (χ2v) is 4.35. The molecule has 0 spiro atoms. The summed E-state index contributed by atoms with van der Waals surface area (Å²) in [5.41, 5.74) is 3.38. The number of rotatable bonds is 2. The van der Waals surface area contributed by atoms with Crippen molar-refractivity contribution in [2.45, 2.75) is 26.2 Å². The summed E-state index contributed by atoms with van der Waals surface area (Å²) < 4.78 is 0. The Hall–Kier alpha value is -1.37. The van der Waals surface area contributed by atoms with Gasteiger partial charge in [0.2, 0.25) is 0 Å². The quantitative estimate of drug-likeness (QED) is 0.621. The van der Waals surface area contributed by atoms with E-state index >= 15 is 0 Å². The molecule has 1 aromatic carbocycles. The topological polar surface area (TPSA) is 12.4 Å². The van der Waals surface area contributed by atoms with Crippen molar-refractivity contribution < 1.29 is 0 Å². The number of hydrogen-bond donors (Lipinski definition) is 0. The van der Waals surface area contributed by atoms with Gasteiger partial charge in [-0.05, 0) is 23.8 Å². The van der Waals surface area contributed by atoms with Crippen LogP contribution in [0.1, 0.15) is 31.9 Å². The van der Waals surface area contributed by atoms with Crippen molar-refractivity contribution in [1.29, 1.82) is 0 Å². The fourth-order valence-corrected chi connectivity index (χ4v) is 1.56. The van der Waals surface area contributed by atoms with E-state index in [1.54, 1.807) is 0 Å². The van der Waals surface area contributed by atoms with Gasteiger partial charge in [0.05, 0.1) is 5.69 Å². The summed E-state index contributed by atoms with van der Waals surface area (Å²) in [4.78, 5) is 3.99. The van der Waals surface area contributed by atoms with Crippen LogP contribution in [0, 0.1) is 0 Å². The Morgan fingerprint density at radius 1 is 1.29 bits per heavy atom. The lowest BCUT2D eigenvalue weighted by Crippen LogP contribution is -2.12. The Morgan fingerprint density at radius 2 is 1.93 bits per heavy atom. The van der Waals surface area contributed by atoms with Crippen molar-refractivity contribution in [3.63, 3.8) is 0 Å². The maximum atomic E-state index is 3.99. The molecule has 1 nitrogen and oxygen atoms in total. The van der Waals surface area contributed by atoms with Gasteiger partial charge >= 0.3 is 0 Å². The van der Waals surface area contributed by atoms with Crippen LogP contribution in [0.4, 0.5) is 5.69 Å². The van der Waals surface area contributed by atoms with Crippen LogP contribution in [0.5, 0.6) is 0 Å². The second kappa shape index (κ2) is 3.79. The van der Waals surface area contributed by atoms with E-state index in [1.165, 1.54) is 5.56 Å². The number of nitrogens with zero attached hydrogens (tertiary/aromatic N) is 1. The molecule has 0 amide bonds. The number of aliphatic imine (C=N–C) groups is 1. The standard InChI is InChI=1S/C13H17N/c1-6-10-11(13(2,3)4)8-7-9-12(10)14-5/h6-9H,1,5H2,2-4H3. The lowest BCUT2D eigenvalue weighted by molar-refractivity contribution is 0.589. The summed E-state index contributed by atoms with van der Waals surface area (Å²) in [6.45, 7) is 13.9. The van der Waals surface area contributed by atoms with E-state index in [4.69, 9.17) is 0 Å². The van der Waals surface area contributed by atoms with Crippen LogP contribution in [0.15, 0.2) is 29.8 Å². The molecule has 14 heavy (non-hydrogen) atoms. The Bertz CT molecular complexity index is 356. The van der Waals surface area contributed by atoms with Crippen LogP contribution in [0.2, 0.25) is 0 Å². The zero-order chi connectivity index (χ0) is 10.8. The van der Waals surface area contributed by atoms with Gasteiger partial charge in [0.25, 0.3) is 0 Å². The lowest BCUT2D eigenvalue weighted by Gasteiger charge is -2.22. The van der Waals surface area contributed by atoms with Crippen LogP contribution in [-0.4, -0.2) is 6.72 Å². The molecule has 0 N–H and O–H groups in total. The molecule has 0 unspecified atom stereocenters. The molecule has 74 valence electrons. The summed E-state index contributed by atoms with van der Waals surface area (Å²) in [6, 6.07) is 6.09. The van der Waals surface area contributed by atoms with E-state index in [0.717, 1.165) is 11.3 Å². The van der Waals surface area contributed by atoms with E-state index in [2.05, 4.69) is 45.1 Å². The summed E-state index contributed by atoms with van der Waals surface area (Å²) in [5, 5.41) is 0. The van der Waals surface area contributed by atoms with Crippen molar-refractivity contribution in [1.82, 2.24) is 0 Å². The molecule has 0 aliphatic rings. The van der Waals surface area contributed by atoms with E-state index in [0.29, 0.717) is 0 Å². The molecule has 0 saturated carbocycles. The van der Waals surface area contributed by atoms with Gasteiger partial charge in [-0.25, -0.2) is 0 Å². The lowest BCUT2D eigenvalue weighted by atomic mass is 9.83.